The summed E-state index contributed by atoms with van der Waals surface area (Å²) in [6, 6.07) is 13.9. The van der Waals surface area contributed by atoms with E-state index in [2.05, 4.69) is 15.9 Å². The Kier molecular flexibility index (Phi) is 6.33. The van der Waals surface area contributed by atoms with Crippen LogP contribution >= 0.6 is 15.9 Å². The van der Waals surface area contributed by atoms with E-state index in [1.807, 2.05) is 70.2 Å². The summed E-state index contributed by atoms with van der Waals surface area (Å²) < 4.78 is 24.1. The van der Waals surface area contributed by atoms with Crippen molar-refractivity contribution in [2.75, 3.05) is 12.0 Å². The summed E-state index contributed by atoms with van der Waals surface area (Å²) in [5, 5.41) is 0. The van der Waals surface area contributed by atoms with Gasteiger partial charge in [-0.25, -0.2) is 9.59 Å². The van der Waals surface area contributed by atoms with E-state index < -0.39 is 42.2 Å². The summed E-state index contributed by atoms with van der Waals surface area (Å²) in [6.07, 6.45) is -0.646. The smallest absolute Gasteiger partial charge is 0.467 e. The minimum Gasteiger partial charge on any atom is -0.467 e. The molecule has 0 radical (unpaired) electrons. The van der Waals surface area contributed by atoms with Gasteiger partial charge in [-0.1, -0.05) is 52.3 Å². The quantitative estimate of drug-likeness (QED) is 0.427. The van der Waals surface area contributed by atoms with E-state index in [0.717, 1.165) is 15.6 Å². The Balaban J connectivity index is 1.72. The van der Waals surface area contributed by atoms with Gasteiger partial charge in [0.1, 0.15) is 12.6 Å². The van der Waals surface area contributed by atoms with E-state index in [1.165, 1.54) is 12.0 Å². The highest BCUT2D eigenvalue weighted by Gasteiger charge is 2.61. The Labute approximate surface area is 202 Å². The topological polar surface area (TPSA) is 74.3 Å². The number of hydrogen-bond acceptors (Lipinski definition) is 6. The highest BCUT2D eigenvalue weighted by Crippen LogP contribution is 2.49. The largest absolute Gasteiger partial charge is 0.468 e. The van der Waals surface area contributed by atoms with Crippen molar-refractivity contribution >= 4 is 40.8 Å². The minimum absolute atomic E-state index is 0.0779. The summed E-state index contributed by atoms with van der Waals surface area (Å²) in [6.45, 7) is 7.87. The molecule has 2 aliphatic rings. The SMILES string of the molecule is COC(=O)C1[C@@H](B2OC(C)(C)C(C)(C)O2)c2ccc(Br)cc2N1C(=O)OCc1ccccc1. The maximum atomic E-state index is 13.3. The summed E-state index contributed by atoms with van der Waals surface area (Å²) >= 11 is 3.47. The average Bonchev–Trinajstić information content (AvgIpc) is 3.21. The molecule has 0 N–H and O–H groups in total. The first-order chi connectivity index (χ1) is 15.6. The van der Waals surface area contributed by atoms with E-state index in [4.69, 9.17) is 18.8 Å². The second kappa shape index (κ2) is 8.78. The first kappa shape index (κ1) is 23.8. The van der Waals surface area contributed by atoms with Crippen molar-refractivity contribution < 1.29 is 28.4 Å². The Bertz CT molecular complexity index is 1040. The highest BCUT2D eigenvalue weighted by molar-refractivity contribution is 9.10. The van der Waals surface area contributed by atoms with E-state index in [1.54, 1.807) is 6.07 Å². The first-order valence-corrected chi connectivity index (χ1v) is 11.6. The second-order valence-corrected chi connectivity index (χ2v) is 10.1. The van der Waals surface area contributed by atoms with Gasteiger partial charge in [-0.05, 0) is 51.0 Å². The van der Waals surface area contributed by atoms with Gasteiger partial charge in [0.05, 0.1) is 29.8 Å². The van der Waals surface area contributed by atoms with Crippen LogP contribution in [0.3, 0.4) is 0 Å². The van der Waals surface area contributed by atoms with E-state index in [0.29, 0.717) is 5.69 Å². The lowest BCUT2D eigenvalue weighted by Gasteiger charge is -2.32. The molecule has 0 spiro atoms. The molecule has 2 heterocycles. The fourth-order valence-electron chi connectivity index (χ4n) is 4.19. The van der Waals surface area contributed by atoms with Gasteiger partial charge in [-0.2, -0.15) is 0 Å². The Morgan fingerprint density at radius 1 is 1.06 bits per heavy atom. The van der Waals surface area contributed by atoms with Gasteiger partial charge >= 0.3 is 19.2 Å². The normalized spacial score (nSPS) is 22.7. The summed E-state index contributed by atoms with van der Waals surface area (Å²) in [7, 11) is 0.543. The number of amides is 1. The number of rotatable bonds is 4. The number of carbonyl (C=O) groups excluding carboxylic acids is 2. The van der Waals surface area contributed by atoms with Crippen molar-refractivity contribution in [3.05, 3.63) is 64.1 Å². The maximum Gasteiger partial charge on any atom is 0.468 e. The van der Waals surface area contributed by atoms with Crippen LogP contribution in [0.1, 0.15) is 44.6 Å². The van der Waals surface area contributed by atoms with Gasteiger partial charge in [0.25, 0.3) is 0 Å². The second-order valence-electron chi connectivity index (χ2n) is 9.23. The molecule has 1 fully saturated rings. The van der Waals surface area contributed by atoms with E-state index in [9.17, 15) is 9.59 Å². The summed E-state index contributed by atoms with van der Waals surface area (Å²) in [4.78, 5) is 27.7. The van der Waals surface area contributed by atoms with Crippen LogP contribution in [0.25, 0.3) is 0 Å². The summed E-state index contributed by atoms with van der Waals surface area (Å²) in [5.74, 6) is -1.16. The van der Waals surface area contributed by atoms with Gasteiger partial charge in [0.2, 0.25) is 0 Å². The van der Waals surface area contributed by atoms with Gasteiger partial charge in [-0.3, -0.25) is 4.90 Å². The van der Waals surface area contributed by atoms with Crippen LogP contribution in [0.4, 0.5) is 10.5 Å². The van der Waals surface area contributed by atoms with Crippen LogP contribution in [-0.4, -0.2) is 43.5 Å². The molecule has 0 bridgehead atoms. The fraction of sp³-hybridized carbons (Fsp3) is 0.417. The van der Waals surface area contributed by atoms with Crippen molar-refractivity contribution in [2.24, 2.45) is 0 Å². The number of halogens is 1. The van der Waals surface area contributed by atoms with Gasteiger partial charge in [-0.15, -0.1) is 0 Å². The number of hydrogen-bond donors (Lipinski definition) is 0. The number of anilines is 1. The lowest BCUT2D eigenvalue weighted by atomic mass is 9.65. The van der Waals surface area contributed by atoms with Crippen molar-refractivity contribution in [1.29, 1.82) is 0 Å². The Hall–Kier alpha value is -2.36. The molecule has 0 aliphatic carbocycles. The zero-order valence-electron chi connectivity index (χ0n) is 19.3. The fourth-order valence-corrected chi connectivity index (χ4v) is 4.54. The Morgan fingerprint density at radius 2 is 1.70 bits per heavy atom. The van der Waals surface area contributed by atoms with Crippen LogP contribution in [0.15, 0.2) is 53.0 Å². The van der Waals surface area contributed by atoms with Crippen LogP contribution in [0.2, 0.25) is 0 Å². The van der Waals surface area contributed by atoms with Crippen molar-refractivity contribution in [3.63, 3.8) is 0 Å². The molecule has 4 rings (SSSR count). The minimum atomic E-state index is -1.00. The van der Waals surface area contributed by atoms with Gasteiger partial charge in [0, 0.05) is 4.47 Å². The molecular weight excluding hydrogens is 489 g/mol. The van der Waals surface area contributed by atoms with Crippen LogP contribution in [0, 0.1) is 0 Å². The maximum absolute atomic E-state index is 13.3. The van der Waals surface area contributed by atoms with Crippen LogP contribution in [-0.2, 0) is 30.2 Å². The van der Waals surface area contributed by atoms with Crippen molar-refractivity contribution in [1.82, 2.24) is 0 Å². The molecule has 174 valence electrons. The number of benzene rings is 2. The molecule has 2 aromatic carbocycles. The van der Waals surface area contributed by atoms with Crippen molar-refractivity contribution in [3.8, 4) is 0 Å². The molecule has 33 heavy (non-hydrogen) atoms. The monoisotopic (exact) mass is 515 g/mol. The number of carbonyl (C=O) groups is 2. The molecule has 9 heteroatoms. The van der Waals surface area contributed by atoms with E-state index >= 15 is 0 Å². The highest BCUT2D eigenvalue weighted by atomic mass is 79.9. The third kappa shape index (κ3) is 4.29. The lowest BCUT2D eigenvalue weighted by molar-refractivity contribution is -0.142. The third-order valence-corrected chi connectivity index (χ3v) is 7.13. The number of esters is 1. The molecule has 1 amide bonds. The number of fused-ring (bicyclic) bond motifs is 1. The molecule has 7 nitrogen and oxygen atoms in total. The van der Waals surface area contributed by atoms with E-state index in [-0.39, 0.29) is 6.61 Å². The molecule has 0 saturated carbocycles. The number of methoxy groups -OCH3 is 1. The average molecular weight is 516 g/mol. The molecule has 2 aliphatic heterocycles. The Morgan fingerprint density at radius 3 is 2.30 bits per heavy atom. The zero-order valence-corrected chi connectivity index (χ0v) is 20.9. The lowest BCUT2D eigenvalue weighted by Crippen LogP contribution is -2.49. The first-order valence-electron chi connectivity index (χ1n) is 10.8. The third-order valence-electron chi connectivity index (χ3n) is 6.64. The van der Waals surface area contributed by atoms with Gasteiger partial charge < -0.3 is 18.8 Å². The molecule has 2 atom stereocenters. The number of nitrogens with zero attached hydrogens (tertiary/aromatic N) is 1. The molecule has 2 aromatic rings. The van der Waals surface area contributed by atoms with Crippen LogP contribution < -0.4 is 4.90 Å². The van der Waals surface area contributed by atoms with Crippen molar-refractivity contribution in [2.45, 2.75) is 57.4 Å². The molecule has 1 unspecified atom stereocenters. The molecular formula is C24H27BBrNO6. The molecule has 0 aromatic heterocycles. The summed E-state index contributed by atoms with van der Waals surface area (Å²) in [5.41, 5.74) is 0.947. The number of ether oxygens (including phenoxy) is 2. The predicted octanol–water partition coefficient (Wildman–Crippen LogP) is 4.86. The molecule has 1 saturated heterocycles. The van der Waals surface area contributed by atoms with Gasteiger partial charge in [0.15, 0.2) is 0 Å². The predicted molar refractivity (Wildman–Crippen MR) is 128 cm³/mol. The zero-order chi connectivity index (χ0) is 24.0. The van der Waals surface area contributed by atoms with Crippen LogP contribution in [0.5, 0.6) is 0 Å². The standard InChI is InChI=1S/C24H27BBrNO6/c1-23(2)24(3,4)33-25(32-23)19-17-12-11-16(26)13-18(17)27(20(19)21(28)30-5)22(29)31-14-15-9-7-6-8-10-15/h6-13,19-20H,14H2,1-5H3/t19-,20?/m0/s1.